The molecule has 17 heavy (non-hydrogen) atoms. The Morgan fingerprint density at radius 1 is 1.18 bits per heavy atom. The van der Waals surface area contributed by atoms with Crippen molar-refractivity contribution in [3.8, 4) is 0 Å². The lowest BCUT2D eigenvalue weighted by Gasteiger charge is -2.18. The number of methoxy groups -OCH3 is 1. The van der Waals surface area contributed by atoms with E-state index in [0.717, 1.165) is 13.0 Å². The summed E-state index contributed by atoms with van der Waals surface area (Å²) >= 11 is 0. The lowest BCUT2D eigenvalue weighted by molar-refractivity contribution is -0.143. The maximum atomic E-state index is 11.5. The number of nitrogens with one attached hydrogen (secondary N) is 1. The Morgan fingerprint density at radius 2 is 1.82 bits per heavy atom. The molecule has 0 saturated heterocycles. The molecule has 0 spiro atoms. The molecular formula is C13H27NO3. The molecule has 0 heterocycles. The lowest BCUT2D eigenvalue weighted by Crippen LogP contribution is -2.40. The van der Waals surface area contributed by atoms with Gasteiger partial charge in [0.05, 0.1) is 13.7 Å². The molecule has 1 N–H and O–H groups in total. The van der Waals surface area contributed by atoms with Crippen molar-refractivity contribution in [2.24, 2.45) is 11.8 Å². The second kappa shape index (κ2) is 9.42. The fourth-order valence-electron chi connectivity index (χ4n) is 1.50. The number of ether oxygens (including phenoxy) is 2. The third-order valence-corrected chi connectivity index (χ3v) is 2.28. The van der Waals surface area contributed by atoms with Crippen molar-refractivity contribution in [3.05, 3.63) is 0 Å². The topological polar surface area (TPSA) is 47.6 Å². The van der Waals surface area contributed by atoms with Crippen molar-refractivity contribution in [1.82, 2.24) is 5.32 Å². The van der Waals surface area contributed by atoms with Gasteiger partial charge in [0.2, 0.25) is 0 Å². The van der Waals surface area contributed by atoms with Crippen molar-refractivity contribution in [3.63, 3.8) is 0 Å². The molecule has 0 rings (SSSR count). The Kier molecular flexibility index (Phi) is 9.09. The molecule has 0 aliphatic heterocycles. The highest BCUT2D eigenvalue weighted by molar-refractivity contribution is 5.75. The largest absolute Gasteiger partial charge is 0.468 e. The van der Waals surface area contributed by atoms with Crippen LogP contribution in [0, 0.1) is 11.8 Å². The van der Waals surface area contributed by atoms with E-state index in [-0.39, 0.29) is 12.0 Å². The Labute approximate surface area is 105 Å². The zero-order valence-electron chi connectivity index (χ0n) is 11.8. The average molecular weight is 245 g/mol. The van der Waals surface area contributed by atoms with Gasteiger partial charge in [0.25, 0.3) is 0 Å². The molecule has 0 aromatic rings. The highest BCUT2D eigenvalue weighted by Crippen LogP contribution is 2.05. The average Bonchev–Trinajstić information content (AvgIpc) is 2.25. The Hall–Kier alpha value is -0.610. The third kappa shape index (κ3) is 9.12. The number of hydrogen-bond donors (Lipinski definition) is 1. The van der Waals surface area contributed by atoms with E-state index in [1.807, 2.05) is 0 Å². The number of esters is 1. The first-order valence-corrected chi connectivity index (χ1v) is 6.36. The SMILES string of the molecule is COC(=O)C(CC(C)C)NCCOCC(C)C. The highest BCUT2D eigenvalue weighted by atomic mass is 16.5. The van der Waals surface area contributed by atoms with Crippen LogP contribution in [-0.4, -0.2) is 38.9 Å². The summed E-state index contributed by atoms with van der Waals surface area (Å²) in [6.45, 7) is 10.5. The quantitative estimate of drug-likeness (QED) is 0.497. The predicted octanol–water partition coefficient (Wildman–Crippen LogP) is 1.84. The van der Waals surface area contributed by atoms with Crippen LogP contribution in [0.2, 0.25) is 0 Å². The van der Waals surface area contributed by atoms with Crippen molar-refractivity contribution in [1.29, 1.82) is 0 Å². The predicted molar refractivity (Wildman–Crippen MR) is 68.9 cm³/mol. The lowest BCUT2D eigenvalue weighted by atomic mass is 10.0. The molecule has 0 aromatic carbocycles. The van der Waals surface area contributed by atoms with Crippen LogP contribution < -0.4 is 5.32 Å². The minimum atomic E-state index is -0.220. The molecule has 4 heteroatoms. The van der Waals surface area contributed by atoms with Gasteiger partial charge in [-0.25, -0.2) is 0 Å². The van der Waals surface area contributed by atoms with Crippen LogP contribution in [0.5, 0.6) is 0 Å². The maximum absolute atomic E-state index is 11.5. The summed E-state index contributed by atoms with van der Waals surface area (Å²) in [5, 5.41) is 3.18. The van der Waals surface area contributed by atoms with E-state index in [1.54, 1.807) is 0 Å². The first kappa shape index (κ1) is 16.4. The number of carbonyl (C=O) groups is 1. The first-order chi connectivity index (χ1) is 7.97. The molecule has 0 fully saturated rings. The van der Waals surface area contributed by atoms with E-state index in [1.165, 1.54) is 7.11 Å². The first-order valence-electron chi connectivity index (χ1n) is 6.36. The summed E-state index contributed by atoms with van der Waals surface area (Å²) < 4.78 is 10.2. The molecule has 1 atom stereocenters. The van der Waals surface area contributed by atoms with Crippen LogP contribution >= 0.6 is 0 Å². The van der Waals surface area contributed by atoms with E-state index in [9.17, 15) is 4.79 Å². The molecule has 102 valence electrons. The van der Waals surface area contributed by atoms with Crippen LogP contribution in [0.3, 0.4) is 0 Å². The number of carbonyl (C=O) groups excluding carboxylic acids is 1. The molecule has 0 radical (unpaired) electrons. The smallest absolute Gasteiger partial charge is 0.322 e. The molecule has 4 nitrogen and oxygen atoms in total. The molecule has 0 saturated carbocycles. The standard InChI is InChI=1S/C13H27NO3/c1-10(2)8-12(13(15)16-5)14-6-7-17-9-11(3)4/h10-12,14H,6-9H2,1-5H3. The molecule has 0 aromatic heterocycles. The summed E-state index contributed by atoms with van der Waals surface area (Å²) in [7, 11) is 1.42. The highest BCUT2D eigenvalue weighted by Gasteiger charge is 2.19. The zero-order valence-corrected chi connectivity index (χ0v) is 11.8. The Balaban J connectivity index is 3.80. The van der Waals surface area contributed by atoms with E-state index in [2.05, 4.69) is 33.0 Å². The minimum absolute atomic E-state index is 0.192. The van der Waals surface area contributed by atoms with Gasteiger partial charge in [-0.15, -0.1) is 0 Å². The van der Waals surface area contributed by atoms with Gasteiger partial charge < -0.3 is 14.8 Å². The second-order valence-electron chi connectivity index (χ2n) is 5.13. The summed E-state index contributed by atoms with van der Waals surface area (Å²) in [4.78, 5) is 11.5. The molecule has 0 aliphatic rings. The van der Waals surface area contributed by atoms with Gasteiger partial charge in [-0.2, -0.15) is 0 Å². The van der Waals surface area contributed by atoms with Crippen LogP contribution in [0.1, 0.15) is 34.1 Å². The minimum Gasteiger partial charge on any atom is -0.468 e. The van der Waals surface area contributed by atoms with Crippen LogP contribution in [0.25, 0.3) is 0 Å². The van der Waals surface area contributed by atoms with Crippen LogP contribution in [0.4, 0.5) is 0 Å². The van der Waals surface area contributed by atoms with Gasteiger partial charge in [-0.1, -0.05) is 27.7 Å². The third-order valence-electron chi connectivity index (χ3n) is 2.28. The summed E-state index contributed by atoms with van der Waals surface area (Å²) in [5.74, 6) is 0.813. The van der Waals surface area contributed by atoms with Gasteiger partial charge in [0.1, 0.15) is 6.04 Å². The second-order valence-corrected chi connectivity index (χ2v) is 5.13. The van der Waals surface area contributed by atoms with Gasteiger partial charge >= 0.3 is 5.97 Å². The number of hydrogen-bond acceptors (Lipinski definition) is 4. The Morgan fingerprint density at radius 3 is 2.29 bits per heavy atom. The molecule has 0 aliphatic carbocycles. The van der Waals surface area contributed by atoms with Crippen molar-refractivity contribution in [2.45, 2.75) is 40.2 Å². The fourth-order valence-corrected chi connectivity index (χ4v) is 1.50. The maximum Gasteiger partial charge on any atom is 0.322 e. The fraction of sp³-hybridized carbons (Fsp3) is 0.923. The van der Waals surface area contributed by atoms with E-state index < -0.39 is 0 Å². The van der Waals surface area contributed by atoms with Crippen LogP contribution in [0.15, 0.2) is 0 Å². The molecule has 1 unspecified atom stereocenters. The van der Waals surface area contributed by atoms with Gasteiger partial charge in [-0.05, 0) is 18.3 Å². The molecule has 0 bridgehead atoms. The molecular weight excluding hydrogens is 218 g/mol. The summed E-state index contributed by atoms with van der Waals surface area (Å²) in [6.07, 6.45) is 0.789. The molecule has 0 amide bonds. The van der Waals surface area contributed by atoms with Gasteiger partial charge in [0.15, 0.2) is 0 Å². The Bertz CT molecular complexity index is 205. The van der Waals surface area contributed by atoms with E-state index in [0.29, 0.717) is 25.0 Å². The monoisotopic (exact) mass is 245 g/mol. The van der Waals surface area contributed by atoms with Gasteiger partial charge in [-0.3, -0.25) is 4.79 Å². The summed E-state index contributed by atoms with van der Waals surface area (Å²) in [5.41, 5.74) is 0. The van der Waals surface area contributed by atoms with Crippen molar-refractivity contribution in [2.75, 3.05) is 26.9 Å². The van der Waals surface area contributed by atoms with Crippen LogP contribution in [-0.2, 0) is 14.3 Å². The van der Waals surface area contributed by atoms with Crippen molar-refractivity contribution < 1.29 is 14.3 Å². The normalized spacial score (nSPS) is 13.1. The van der Waals surface area contributed by atoms with E-state index in [4.69, 9.17) is 9.47 Å². The zero-order chi connectivity index (χ0) is 13.3. The van der Waals surface area contributed by atoms with Gasteiger partial charge in [0, 0.05) is 13.2 Å². The summed E-state index contributed by atoms with van der Waals surface area (Å²) in [6, 6.07) is -0.220. The van der Waals surface area contributed by atoms with Crippen molar-refractivity contribution >= 4 is 5.97 Å². The number of rotatable bonds is 9. The van der Waals surface area contributed by atoms with E-state index >= 15 is 0 Å².